The molecule has 1 aliphatic heterocycles. The van der Waals surface area contributed by atoms with Gasteiger partial charge in [0.2, 0.25) is 0 Å². The highest BCUT2D eigenvalue weighted by atomic mass is 15.1. The number of benzene rings is 1. The molecule has 0 bridgehead atoms. The predicted molar refractivity (Wildman–Crippen MR) is 89.4 cm³/mol. The summed E-state index contributed by atoms with van der Waals surface area (Å²) in [5.74, 6) is 0. The number of rotatable bonds is 4. The molecule has 2 N–H and O–H groups in total. The lowest BCUT2D eigenvalue weighted by Crippen LogP contribution is -2.38. The highest BCUT2D eigenvalue weighted by Crippen LogP contribution is 2.34. The number of nitrogens with zero attached hydrogens (tertiary/aromatic N) is 1. The van der Waals surface area contributed by atoms with E-state index in [9.17, 15) is 0 Å². The molecule has 1 aromatic carbocycles. The van der Waals surface area contributed by atoms with Gasteiger partial charge in [-0.25, -0.2) is 0 Å². The molecule has 2 heteroatoms. The first-order valence-electron chi connectivity index (χ1n) is 8.87. The van der Waals surface area contributed by atoms with Crippen molar-refractivity contribution in [3.8, 4) is 0 Å². The first-order chi connectivity index (χ1) is 10.3. The summed E-state index contributed by atoms with van der Waals surface area (Å²) >= 11 is 0. The van der Waals surface area contributed by atoms with Crippen LogP contribution in [0.4, 0.5) is 0 Å². The van der Waals surface area contributed by atoms with Gasteiger partial charge < -0.3 is 10.6 Å². The summed E-state index contributed by atoms with van der Waals surface area (Å²) in [4.78, 5) is 2.61. The summed E-state index contributed by atoms with van der Waals surface area (Å²) in [6.45, 7) is 3.81. The third-order valence-corrected chi connectivity index (χ3v) is 5.44. The second kappa shape index (κ2) is 6.93. The highest BCUT2D eigenvalue weighted by Gasteiger charge is 2.28. The fraction of sp³-hybridized carbons (Fsp3) is 0.684. The molecular formula is C19H30N2. The highest BCUT2D eigenvalue weighted by molar-refractivity contribution is 5.29. The minimum atomic E-state index is -0.0519. The number of hydrogen-bond acceptors (Lipinski definition) is 2. The molecule has 0 unspecified atom stereocenters. The van der Waals surface area contributed by atoms with E-state index in [0.29, 0.717) is 0 Å². The number of piperidine rings is 1. The van der Waals surface area contributed by atoms with Gasteiger partial charge in [-0.3, -0.25) is 0 Å². The van der Waals surface area contributed by atoms with Gasteiger partial charge in [-0.05, 0) is 56.3 Å². The second-order valence-corrected chi connectivity index (χ2v) is 7.07. The molecule has 2 nitrogen and oxygen atoms in total. The van der Waals surface area contributed by atoms with Gasteiger partial charge in [0.25, 0.3) is 0 Å². The minimum Gasteiger partial charge on any atom is -0.321 e. The standard InChI is InChI=1S/C19H30N2/c20-19(12-3-1-4-13-19)18-9-7-17(8-10-18)11-16-21-14-5-2-6-15-21/h7-10H,1-6,11-16,20H2. The first-order valence-corrected chi connectivity index (χ1v) is 8.87. The molecule has 0 aromatic heterocycles. The smallest absolute Gasteiger partial charge is 0.0409 e. The maximum atomic E-state index is 6.61. The molecule has 1 aromatic rings. The zero-order valence-electron chi connectivity index (χ0n) is 13.3. The molecule has 0 amide bonds. The van der Waals surface area contributed by atoms with Gasteiger partial charge >= 0.3 is 0 Å². The SMILES string of the molecule is NC1(c2ccc(CCN3CCCCC3)cc2)CCCCC1. The molecule has 1 saturated carbocycles. The Bertz CT molecular complexity index is 425. The maximum Gasteiger partial charge on any atom is 0.0409 e. The summed E-state index contributed by atoms with van der Waals surface area (Å²) in [5, 5.41) is 0. The average molecular weight is 286 g/mol. The van der Waals surface area contributed by atoms with Crippen molar-refractivity contribution < 1.29 is 0 Å². The van der Waals surface area contributed by atoms with Crippen LogP contribution in [0.1, 0.15) is 62.5 Å². The molecule has 116 valence electrons. The molecular weight excluding hydrogens is 256 g/mol. The first kappa shape index (κ1) is 15.1. The van der Waals surface area contributed by atoms with Crippen LogP contribution in [-0.2, 0) is 12.0 Å². The molecule has 1 saturated heterocycles. The van der Waals surface area contributed by atoms with Crippen molar-refractivity contribution in [3.63, 3.8) is 0 Å². The molecule has 2 aliphatic rings. The van der Waals surface area contributed by atoms with Gasteiger partial charge in [-0.15, -0.1) is 0 Å². The monoisotopic (exact) mass is 286 g/mol. The van der Waals surface area contributed by atoms with E-state index >= 15 is 0 Å². The quantitative estimate of drug-likeness (QED) is 0.911. The topological polar surface area (TPSA) is 29.3 Å². The zero-order valence-corrected chi connectivity index (χ0v) is 13.3. The van der Waals surface area contributed by atoms with Crippen LogP contribution in [0.25, 0.3) is 0 Å². The second-order valence-electron chi connectivity index (χ2n) is 7.07. The predicted octanol–water partition coefficient (Wildman–Crippen LogP) is 3.83. The lowest BCUT2D eigenvalue weighted by Gasteiger charge is -2.34. The third kappa shape index (κ3) is 3.87. The maximum absolute atomic E-state index is 6.61. The summed E-state index contributed by atoms with van der Waals surface area (Å²) in [7, 11) is 0. The van der Waals surface area contributed by atoms with Crippen LogP contribution in [0.15, 0.2) is 24.3 Å². The van der Waals surface area contributed by atoms with E-state index in [0.717, 1.165) is 12.8 Å². The Hall–Kier alpha value is -0.860. The van der Waals surface area contributed by atoms with E-state index < -0.39 is 0 Å². The Morgan fingerprint density at radius 1 is 0.857 bits per heavy atom. The van der Waals surface area contributed by atoms with Crippen LogP contribution in [-0.4, -0.2) is 24.5 Å². The van der Waals surface area contributed by atoms with Crippen molar-refractivity contribution in [3.05, 3.63) is 35.4 Å². The van der Waals surface area contributed by atoms with Crippen molar-refractivity contribution in [2.24, 2.45) is 5.73 Å². The molecule has 0 spiro atoms. The Balaban J connectivity index is 1.56. The summed E-state index contributed by atoms with van der Waals surface area (Å²) in [6, 6.07) is 9.19. The van der Waals surface area contributed by atoms with E-state index in [1.165, 1.54) is 75.7 Å². The van der Waals surface area contributed by atoms with Gasteiger partial charge in [-0.2, -0.15) is 0 Å². The van der Waals surface area contributed by atoms with E-state index in [1.54, 1.807) is 0 Å². The van der Waals surface area contributed by atoms with Crippen molar-refractivity contribution in [1.29, 1.82) is 0 Å². The fourth-order valence-electron chi connectivity index (χ4n) is 3.94. The number of likely N-dealkylation sites (tertiary alicyclic amines) is 1. The zero-order chi connectivity index (χ0) is 14.5. The van der Waals surface area contributed by atoms with Gasteiger partial charge in [0.1, 0.15) is 0 Å². The van der Waals surface area contributed by atoms with Gasteiger partial charge in [0.05, 0.1) is 0 Å². The van der Waals surface area contributed by atoms with Crippen LogP contribution in [0.3, 0.4) is 0 Å². The third-order valence-electron chi connectivity index (χ3n) is 5.44. The molecule has 1 aliphatic carbocycles. The molecule has 0 radical (unpaired) electrons. The van der Waals surface area contributed by atoms with E-state index in [2.05, 4.69) is 29.2 Å². The van der Waals surface area contributed by atoms with Crippen LogP contribution in [0.5, 0.6) is 0 Å². The van der Waals surface area contributed by atoms with Gasteiger partial charge in [-0.1, -0.05) is 49.9 Å². The summed E-state index contributed by atoms with van der Waals surface area (Å²) in [6.07, 6.45) is 11.6. The molecule has 0 atom stereocenters. The number of nitrogens with two attached hydrogens (primary N) is 1. The van der Waals surface area contributed by atoms with Gasteiger partial charge in [0, 0.05) is 12.1 Å². The molecule has 1 heterocycles. The molecule has 3 rings (SSSR count). The average Bonchev–Trinajstić information content (AvgIpc) is 2.55. The molecule has 21 heavy (non-hydrogen) atoms. The Morgan fingerprint density at radius 3 is 2.14 bits per heavy atom. The van der Waals surface area contributed by atoms with E-state index in [4.69, 9.17) is 5.73 Å². The van der Waals surface area contributed by atoms with Gasteiger partial charge in [0.15, 0.2) is 0 Å². The minimum absolute atomic E-state index is 0.0519. The lowest BCUT2D eigenvalue weighted by atomic mass is 9.77. The Morgan fingerprint density at radius 2 is 1.48 bits per heavy atom. The number of hydrogen-bond donors (Lipinski definition) is 1. The van der Waals surface area contributed by atoms with Crippen molar-refractivity contribution in [2.45, 2.75) is 63.3 Å². The van der Waals surface area contributed by atoms with Crippen molar-refractivity contribution >= 4 is 0 Å². The molecule has 2 fully saturated rings. The Kier molecular flexibility index (Phi) is 4.97. The van der Waals surface area contributed by atoms with Crippen molar-refractivity contribution in [1.82, 2.24) is 4.90 Å². The largest absolute Gasteiger partial charge is 0.321 e. The van der Waals surface area contributed by atoms with Crippen molar-refractivity contribution in [2.75, 3.05) is 19.6 Å². The lowest BCUT2D eigenvalue weighted by molar-refractivity contribution is 0.231. The summed E-state index contributed by atoms with van der Waals surface area (Å²) in [5.41, 5.74) is 9.37. The fourth-order valence-corrected chi connectivity index (χ4v) is 3.94. The van der Waals surface area contributed by atoms with Crippen LogP contribution < -0.4 is 5.73 Å². The van der Waals surface area contributed by atoms with E-state index in [-0.39, 0.29) is 5.54 Å². The van der Waals surface area contributed by atoms with Crippen LogP contribution >= 0.6 is 0 Å². The van der Waals surface area contributed by atoms with Crippen LogP contribution in [0, 0.1) is 0 Å². The normalized spacial score (nSPS) is 23.1. The Labute approximate surface area is 129 Å². The van der Waals surface area contributed by atoms with E-state index in [1.807, 2.05) is 0 Å². The summed E-state index contributed by atoms with van der Waals surface area (Å²) < 4.78 is 0. The van der Waals surface area contributed by atoms with Crippen LogP contribution in [0.2, 0.25) is 0 Å².